The molecule has 0 unspecified atom stereocenters. The predicted molar refractivity (Wildman–Crippen MR) is 55.4 cm³/mol. The van der Waals surface area contributed by atoms with Crippen LogP contribution in [0, 0.1) is 19.3 Å². The Kier molecular flexibility index (Phi) is 3.59. The molecular weight excluding hydrogens is 182 g/mol. The fraction of sp³-hybridized carbons (Fsp3) is 0.333. The zero-order valence-electron chi connectivity index (χ0n) is 7.45. The summed E-state index contributed by atoms with van der Waals surface area (Å²) in [5.41, 5.74) is 6.44. The van der Waals surface area contributed by atoms with Crippen molar-refractivity contribution in [3.05, 3.63) is 11.8 Å². The van der Waals surface area contributed by atoms with Crippen molar-refractivity contribution in [1.29, 1.82) is 0 Å². The molecule has 0 aliphatic rings. The summed E-state index contributed by atoms with van der Waals surface area (Å²) in [5, 5.41) is 0.702. The molecule has 1 rings (SSSR count). The van der Waals surface area contributed by atoms with Crippen LogP contribution in [-0.2, 0) is 0 Å². The largest absolute Gasteiger partial charge is 0.384 e. The second-order valence-electron chi connectivity index (χ2n) is 2.52. The molecule has 3 nitrogen and oxygen atoms in total. The van der Waals surface area contributed by atoms with Crippen molar-refractivity contribution < 1.29 is 0 Å². The Morgan fingerprint density at radius 2 is 2.38 bits per heavy atom. The lowest BCUT2D eigenvalue weighted by molar-refractivity contribution is 0.940. The van der Waals surface area contributed by atoms with Gasteiger partial charge >= 0.3 is 0 Å². The van der Waals surface area contributed by atoms with E-state index in [-0.39, 0.29) is 0 Å². The highest BCUT2D eigenvalue weighted by Gasteiger charge is 1.99. The van der Waals surface area contributed by atoms with Crippen molar-refractivity contribution in [3.8, 4) is 12.3 Å². The van der Waals surface area contributed by atoms with E-state index in [1.165, 1.54) is 11.8 Å². The van der Waals surface area contributed by atoms with Crippen LogP contribution in [-0.4, -0.2) is 15.7 Å². The number of aromatic nitrogens is 2. The van der Waals surface area contributed by atoms with Crippen molar-refractivity contribution in [2.75, 3.05) is 11.5 Å². The molecular formula is C9H11N3S. The summed E-state index contributed by atoms with van der Waals surface area (Å²) in [6.45, 7) is 1.89. The van der Waals surface area contributed by atoms with Crippen molar-refractivity contribution in [2.45, 2.75) is 18.5 Å². The third-order valence-electron chi connectivity index (χ3n) is 1.33. The molecule has 1 aromatic rings. The van der Waals surface area contributed by atoms with E-state index in [9.17, 15) is 0 Å². The maximum absolute atomic E-state index is 5.56. The molecule has 4 heteroatoms. The lowest BCUT2D eigenvalue weighted by Crippen LogP contribution is -1.96. The van der Waals surface area contributed by atoms with Gasteiger partial charge in [-0.2, -0.15) is 0 Å². The first-order valence-electron chi connectivity index (χ1n) is 3.90. The molecule has 0 bridgehead atoms. The minimum absolute atomic E-state index is 0.510. The standard InChI is InChI=1S/C9H11N3S/c1-3-4-5-13-9-11-7(2)6-8(10)12-9/h1,6H,4-5H2,2H3,(H2,10,11,12). The normalized spacial score (nSPS) is 9.54. The van der Waals surface area contributed by atoms with Crippen LogP contribution in [0.15, 0.2) is 11.2 Å². The first-order valence-corrected chi connectivity index (χ1v) is 4.88. The highest BCUT2D eigenvalue weighted by Crippen LogP contribution is 2.15. The summed E-state index contributed by atoms with van der Waals surface area (Å²) in [5.74, 6) is 3.90. The highest BCUT2D eigenvalue weighted by atomic mass is 32.2. The Labute approximate surface area is 82.2 Å². The van der Waals surface area contributed by atoms with Gasteiger partial charge in [0.15, 0.2) is 5.16 Å². The van der Waals surface area contributed by atoms with Crippen molar-refractivity contribution in [3.63, 3.8) is 0 Å². The van der Waals surface area contributed by atoms with Gasteiger partial charge in [-0.25, -0.2) is 9.97 Å². The maximum atomic E-state index is 5.56. The number of thioether (sulfide) groups is 1. The minimum atomic E-state index is 0.510. The predicted octanol–water partition coefficient (Wildman–Crippen LogP) is 1.48. The zero-order chi connectivity index (χ0) is 9.68. The van der Waals surface area contributed by atoms with Gasteiger partial charge in [0.25, 0.3) is 0 Å². The van der Waals surface area contributed by atoms with E-state index in [1.54, 1.807) is 6.07 Å². The van der Waals surface area contributed by atoms with E-state index in [0.717, 1.165) is 17.9 Å². The van der Waals surface area contributed by atoms with E-state index in [0.29, 0.717) is 11.0 Å². The van der Waals surface area contributed by atoms with Crippen LogP contribution >= 0.6 is 11.8 Å². The average Bonchev–Trinajstić information content (AvgIpc) is 2.03. The van der Waals surface area contributed by atoms with E-state index in [2.05, 4.69) is 15.9 Å². The highest BCUT2D eigenvalue weighted by molar-refractivity contribution is 7.99. The number of anilines is 1. The summed E-state index contributed by atoms with van der Waals surface area (Å²) in [7, 11) is 0. The van der Waals surface area contributed by atoms with Crippen LogP contribution in [0.5, 0.6) is 0 Å². The number of hydrogen-bond donors (Lipinski definition) is 1. The molecule has 0 aromatic carbocycles. The van der Waals surface area contributed by atoms with Crippen LogP contribution in [0.25, 0.3) is 0 Å². The molecule has 0 saturated carbocycles. The van der Waals surface area contributed by atoms with Crippen molar-refractivity contribution >= 4 is 17.6 Å². The third kappa shape index (κ3) is 3.34. The molecule has 0 saturated heterocycles. The lowest BCUT2D eigenvalue weighted by atomic mass is 10.4. The van der Waals surface area contributed by atoms with Gasteiger partial charge < -0.3 is 5.73 Å². The summed E-state index contributed by atoms with van der Waals surface area (Å²) < 4.78 is 0. The Balaban J connectivity index is 2.62. The quantitative estimate of drug-likeness (QED) is 0.342. The summed E-state index contributed by atoms with van der Waals surface area (Å²) in [6, 6.07) is 1.74. The number of hydrogen-bond acceptors (Lipinski definition) is 4. The van der Waals surface area contributed by atoms with Crippen LogP contribution in [0.1, 0.15) is 12.1 Å². The van der Waals surface area contributed by atoms with E-state index in [1.807, 2.05) is 6.92 Å². The Bertz CT molecular complexity index is 310. The van der Waals surface area contributed by atoms with Crippen LogP contribution < -0.4 is 5.73 Å². The Hall–Kier alpha value is -1.21. The number of nitrogens with two attached hydrogens (primary N) is 1. The van der Waals surface area contributed by atoms with Gasteiger partial charge in [0.1, 0.15) is 5.82 Å². The molecule has 0 spiro atoms. The molecule has 1 heterocycles. The molecule has 68 valence electrons. The van der Waals surface area contributed by atoms with E-state index in [4.69, 9.17) is 12.2 Å². The molecule has 13 heavy (non-hydrogen) atoms. The van der Waals surface area contributed by atoms with Gasteiger partial charge in [0.05, 0.1) is 0 Å². The number of nitrogen functional groups attached to an aromatic ring is 1. The SMILES string of the molecule is C#CCCSc1nc(C)cc(N)n1. The molecule has 2 N–H and O–H groups in total. The fourth-order valence-corrected chi connectivity index (χ4v) is 1.61. The average molecular weight is 193 g/mol. The topological polar surface area (TPSA) is 51.8 Å². The molecule has 0 fully saturated rings. The van der Waals surface area contributed by atoms with Crippen LogP contribution in [0.3, 0.4) is 0 Å². The van der Waals surface area contributed by atoms with E-state index >= 15 is 0 Å². The molecule has 0 aliphatic carbocycles. The van der Waals surface area contributed by atoms with Crippen LogP contribution in [0.2, 0.25) is 0 Å². The van der Waals surface area contributed by atoms with Gasteiger partial charge in [0.2, 0.25) is 0 Å². The molecule has 0 amide bonds. The molecule has 0 atom stereocenters. The van der Waals surface area contributed by atoms with Gasteiger partial charge in [-0.05, 0) is 6.92 Å². The minimum Gasteiger partial charge on any atom is -0.384 e. The van der Waals surface area contributed by atoms with Gasteiger partial charge in [-0.3, -0.25) is 0 Å². The smallest absolute Gasteiger partial charge is 0.189 e. The van der Waals surface area contributed by atoms with Crippen molar-refractivity contribution in [2.24, 2.45) is 0 Å². The second kappa shape index (κ2) is 4.73. The molecule has 1 aromatic heterocycles. The summed E-state index contributed by atoms with van der Waals surface area (Å²) in [4.78, 5) is 8.28. The molecule has 0 radical (unpaired) electrons. The van der Waals surface area contributed by atoms with Gasteiger partial charge in [0, 0.05) is 23.9 Å². The summed E-state index contributed by atoms with van der Waals surface area (Å²) in [6.07, 6.45) is 5.85. The monoisotopic (exact) mass is 193 g/mol. The number of nitrogens with zero attached hydrogens (tertiary/aromatic N) is 2. The fourth-order valence-electron chi connectivity index (χ4n) is 0.831. The molecule has 0 aliphatic heterocycles. The first-order chi connectivity index (χ1) is 6.22. The van der Waals surface area contributed by atoms with E-state index < -0.39 is 0 Å². The zero-order valence-corrected chi connectivity index (χ0v) is 8.27. The first kappa shape index (κ1) is 9.87. The van der Waals surface area contributed by atoms with Crippen molar-refractivity contribution in [1.82, 2.24) is 9.97 Å². The van der Waals surface area contributed by atoms with Gasteiger partial charge in [-0.1, -0.05) is 11.8 Å². The second-order valence-corrected chi connectivity index (χ2v) is 3.58. The van der Waals surface area contributed by atoms with Gasteiger partial charge in [-0.15, -0.1) is 12.3 Å². The number of terminal acetylenes is 1. The third-order valence-corrected chi connectivity index (χ3v) is 2.18. The Morgan fingerprint density at radius 3 is 3.00 bits per heavy atom. The Morgan fingerprint density at radius 1 is 1.62 bits per heavy atom. The lowest BCUT2D eigenvalue weighted by Gasteiger charge is -2.00. The summed E-state index contributed by atoms with van der Waals surface area (Å²) >= 11 is 1.53. The number of rotatable bonds is 3. The van der Waals surface area contributed by atoms with Crippen LogP contribution in [0.4, 0.5) is 5.82 Å². The number of aryl methyl sites for hydroxylation is 1. The maximum Gasteiger partial charge on any atom is 0.189 e.